The van der Waals surface area contributed by atoms with Crippen LogP contribution in [0.3, 0.4) is 0 Å². The van der Waals surface area contributed by atoms with Gasteiger partial charge in [-0.1, -0.05) is 29.8 Å². The fraction of sp³-hybridized carbons (Fsp3) is 0.214. The van der Waals surface area contributed by atoms with E-state index in [4.69, 9.17) is 11.6 Å². The molecule has 1 aromatic heterocycles. The molecule has 2 N–H and O–H groups in total. The first kappa shape index (κ1) is 15.4. The van der Waals surface area contributed by atoms with Crippen LogP contribution in [-0.2, 0) is 12.7 Å². The Hall–Kier alpha value is -1.95. The largest absolute Gasteiger partial charge is 0.416 e. The summed E-state index contributed by atoms with van der Waals surface area (Å²) in [6.07, 6.45) is -4.42. The number of nitrogens with zero attached hydrogens (tertiary/aromatic N) is 1. The maximum atomic E-state index is 12.8. The predicted molar refractivity (Wildman–Crippen MR) is 77.6 cm³/mol. The molecule has 2 aromatic rings. The van der Waals surface area contributed by atoms with Gasteiger partial charge < -0.3 is 10.6 Å². The number of halogens is 4. The standard InChI is InChI=1S/C14H13ClF3N3/c1-19-12-6-10(14(16,17)18)7-13(21-12)20-8-9-4-2-3-5-11(9)15/h2-7H,8H2,1H3,(H2,19,20,21). The second-order valence-electron chi connectivity index (χ2n) is 4.32. The molecule has 1 heterocycles. The zero-order valence-electron chi connectivity index (χ0n) is 11.1. The lowest BCUT2D eigenvalue weighted by Gasteiger charge is -2.13. The SMILES string of the molecule is CNc1cc(C(F)(F)F)cc(NCc2ccccc2Cl)n1. The molecule has 0 unspecified atom stereocenters. The molecule has 21 heavy (non-hydrogen) atoms. The maximum Gasteiger partial charge on any atom is 0.416 e. The molecule has 0 fully saturated rings. The van der Waals surface area contributed by atoms with Crippen molar-refractivity contribution in [3.8, 4) is 0 Å². The normalized spacial score (nSPS) is 11.3. The number of rotatable bonds is 4. The van der Waals surface area contributed by atoms with Gasteiger partial charge in [0.05, 0.1) is 5.56 Å². The molecule has 7 heteroatoms. The molecule has 0 aliphatic carbocycles. The van der Waals surface area contributed by atoms with Gasteiger partial charge in [0, 0.05) is 18.6 Å². The van der Waals surface area contributed by atoms with Crippen LogP contribution in [0, 0.1) is 0 Å². The minimum absolute atomic E-state index is 0.133. The Morgan fingerprint density at radius 3 is 2.43 bits per heavy atom. The predicted octanol–water partition coefficient (Wildman–Crippen LogP) is 4.41. The van der Waals surface area contributed by atoms with Crippen molar-refractivity contribution < 1.29 is 13.2 Å². The Morgan fingerprint density at radius 2 is 1.81 bits per heavy atom. The number of aromatic nitrogens is 1. The minimum Gasteiger partial charge on any atom is -0.373 e. The van der Waals surface area contributed by atoms with Gasteiger partial charge in [-0.15, -0.1) is 0 Å². The molecular formula is C14H13ClF3N3. The summed E-state index contributed by atoms with van der Waals surface area (Å²) in [6, 6.07) is 9.03. The highest BCUT2D eigenvalue weighted by Gasteiger charge is 2.31. The number of anilines is 2. The Morgan fingerprint density at radius 1 is 1.14 bits per heavy atom. The third-order valence-corrected chi connectivity index (χ3v) is 3.20. The summed E-state index contributed by atoms with van der Waals surface area (Å²) in [4.78, 5) is 4.04. The van der Waals surface area contributed by atoms with Gasteiger partial charge in [-0.25, -0.2) is 4.98 Å². The van der Waals surface area contributed by atoms with E-state index in [1.54, 1.807) is 18.2 Å². The molecule has 1 aromatic carbocycles. The van der Waals surface area contributed by atoms with Crippen molar-refractivity contribution in [2.24, 2.45) is 0 Å². The number of hydrogen-bond donors (Lipinski definition) is 2. The van der Waals surface area contributed by atoms with Crippen LogP contribution in [0.1, 0.15) is 11.1 Å². The van der Waals surface area contributed by atoms with Crippen LogP contribution in [0.2, 0.25) is 5.02 Å². The fourth-order valence-corrected chi connectivity index (χ4v) is 1.94. The Kier molecular flexibility index (Phi) is 4.57. The average molecular weight is 316 g/mol. The molecule has 0 aliphatic heterocycles. The van der Waals surface area contributed by atoms with Gasteiger partial charge in [-0.3, -0.25) is 0 Å². The molecule has 0 amide bonds. The van der Waals surface area contributed by atoms with Crippen molar-refractivity contribution in [1.29, 1.82) is 0 Å². The first-order valence-electron chi connectivity index (χ1n) is 6.14. The van der Waals surface area contributed by atoms with Crippen LogP contribution in [-0.4, -0.2) is 12.0 Å². The van der Waals surface area contributed by atoms with E-state index in [0.717, 1.165) is 17.7 Å². The van der Waals surface area contributed by atoms with Gasteiger partial charge in [0.25, 0.3) is 0 Å². The minimum atomic E-state index is -4.42. The van der Waals surface area contributed by atoms with Crippen LogP contribution < -0.4 is 10.6 Å². The van der Waals surface area contributed by atoms with Crippen molar-refractivity contribution in [2.45, 2.75) is 12.7 Å². The number of nitrogens with one attached hydrogen (secondary N) is 2. The number of hydrogen-bond acceptors (Lipinski definition) is 3. The van der Waals surface area contributed by atoms with Crippen molar-refractivity contribution in [3.05, 3.63) is 52.5 Å². The molecule has 0 spiro atoms. The second-order valence-corrected chi connectivity index (χ2v) is 4.73. The lowest BCUT2D eigenvalue weighted by atomic mass is 10.2. The molecule has 0 radical (unpaired) electrons. The van der Waals surface area contributed by atoms with Crippen LogP contribution in [0.4, 0.5) is 24.8 Å². The van der Waals surface area contributed by atoms with E-state index in [2.05, 4.69) is 15.6 Å². The highest BCUT2D eigenvalue weighted by atomic mass is 35.5. The smallest absolute Gasteiger partial charge is 0.373 e. The molecule has 0 saturated carbocycles. The topological polar surface area (TPSA) is 37.0 Å². The monoisotopic (exact) mass is 315 g/mol. The van der Waals surface area contributed by atoms with Gasteiger partial charge >= 0.3 is 6.18 Å². The summed E-state index contributed by atoms with van der Waals surface area (Å²) in [5.74, 6) is 0.278. The molecule has 112 valence electrons. The summed E-state index contributed by atoms with van der Waals surface area (Å²) in [5.41, 5.74) is 0.0212. The van der Waals surface area contributed by atoms with E-state index in [9.17, 15) is 13.2 Å². The molecule has 0 saturated heterocycles. The van der Waals surface area contributed by atoms with Crippen molar-refractivity contribution >= 4 is 23.2 Å². The van der Waals surface area contributed by atoms with Gasteiger partial charge in [-0.05, 0) is 23.8 Å². The highest BCUT2D eigenvalue weighted by Crippen LogP contribution is 2.32. The lowest BCUT2D eigenvalue weighted by molar-refractivity contribution is -0.137. The average Bonchev–Trinajstić information content (AvgIpc) is 2.45. The quantitative estimate of drug-likeness (QED) is 0.877. The van der Waals surface area contributed by atoms with E-state index in [1.807, 2.05) is 6.07 Å². The zero-order valence-corrected chi connectivity index (χ0v) is 11.9. The van der Waals surface area contributed by atoms with Crippen molar-refractivity contribution in [1.82, 2.24) is 4.98 Å². The van der Waals surface area contributed by atoms with Gasteiger partial charge in [0.1, 0.15) is 11.6 Å². The van der Waals surface area contributed by atoms with Gasteiger partial charge in [0.2, 0.25) is 0 Å². The highest BCUT2D eigenvalue weighted by molar-refractivity contribution is 6.31. The van der Waals surface area contributed by atoms with Gasteiger partial charge in [0.15, 0.2) is 0 Å². The number of alkyl halides is 3. The third-order valence-electron chi connectivity index (χ3n) is 2.83. The van der Waals surface area contributed by atoms with Gasteiger partial charge in [-0.2, -0.15) is 13.2 Å². The molecular weight excluding hydrogens is 303 g/mol. The molecule has 0 bridgehead atoms. The molecule has 2 rings (SSSR count). The summed E-state index contributed by atoms with van der Waals surface area (Å²) >= 11 is 6.00. The van der Waals surface area contributed by atoms with Crippen LogP contribution >= 0.6 is 11.6 Å². The number of benzene rings is 1. The summed E-state index contributed by atoms with van der Waals surface area (Å²) in [7, 11) is 1.51. The van der Waals surface area contributed by atoms with E-state index in [-0.39, 0.29) is 18.2 Å². The Labute approximate surface area is 125 Å². The first-order valence-corrected chi connectivity index (χ1v) is 6.52. The van der Waals surface area contributed by atoms with E-state index >= 15 is 0 Å². The molecule has 0 aliphatic rings. The van der Waals surface area contributed by atoms with E-state index in [0.29, 0.717) is 5.02 Å². The van der Waals surface area contributed by atoms with E-state index < -0.39 is 11.7 Å². The number of pyridine rings is 1. The van der Waals surface area contributed by atoms with Crippen LogP contribution in [0.25, 0.3) is 0 Å². The Bertz CT molecular complexity index is 629. The summed E-state index contributed by atoms with van der Waals surface area (Å²) in [5, 5.41) is 6.01. The third kappa shape index (κ3) is 4.01. The zero-order chi connectivity index (χ0) is 15.5. The summed E-state index contributed by atoms with van der Waals surface area (Å²) < 4.78 is 38.4. The molecule has 3 nitrogen and oxygen atoms in total. The van der Waals surface area contributed by atoms with Crippen molar-refractivity contribution in [3.63, 3.8) is 0 Å². The van der Waals surface area contributed by atoms with Crippen LogP contribution in [0.15, 0.2) is 36.4 Å². The molecule has 0 atom stereocenters. The first-order chi connectivity index (χ1) is 9.90. The second kappa shape index (κ2) is 6.22. The summed E-state index contributed by atoms with van der Waals surface area (Å²) in [6.45, 7) is 0.289. The van der Waals surface area contributed by atoms with Crippen molar-refractivity contribution in [2.75, 3.05) is 17.7 Å². The lowest BCUT2D eigenvalue weighted by Crippen LogP contribution is -2.10. The fourth-order valence-electron chi connectivity index (χ4n) is 1.74. The maximum absolute atomic E-state index is 12.8. The Balaban J connectivity index is 2.22. The van der Waals surface area contributed by atoms with Crippen LogP contribution in [0.5, 0.6) is 0 Å². The van der Waals surface area contributed by atoms with E-state index in [1.165, 1.54) is 7.05 Å².